The second-order valence-corrected chi connectivity index (χ2v) is 5.82. The molecule has 1 saturated heterocycles. The number of nitrogens with zero attached hydrogens (tertiary/aromatic N) is 3. The molecule has 3 rings (SSSR count). The summed E-state index contributed by atoms with van der Waals surface area (Å²) in [6, 6.07) is 7.40. The number of benzene rings is 1. The van der Waals surface area contributed by atoms with Gasteiger partial charge in [-0.3, -0.25) is 14.6 Å². The molecule has 1 atom stereocenters. The molecule has 0 unspecified atom stereocenters. The summed E-state index contributed by atoms with van der Waals surface area (Å²) in [5.74, 6) is -0.980. The number of aliphatic carboxylic acids is 1. The van der Waals surface area contributed by atoms with E-state index in [1.54, 1.807) is 4.90 Å². The first-order valence-corrected chi connectivity index (χ1v) is 7.89. The number of carbonyl (C=O) groups is 2. The lowest BCUT2D eigenvalue weighted by atomic mass is 9.97. The average Bonchev–Trinajstić information content (AvgIpc) is 2.59. The second kappa shape index (κ2) is 6.73. The third-order valence-corrected chi connectivity index (χ3v) is 4.25. The lowest BCUT2D eigenvalue weighted by molar-refractivity contribution is -0.137. The average molecular weight is 313 g/mol. The Labute approximate surface area is 134 Å². The van der Waals surface area contributed by atoms with E-state index in [0.717, 1.165) is 24.8 Å². The first-order valence-electron chi connectivity index (χ1n) is 7.89. The third kappa shape index (κ3) is 3.47. The highest BCUT2D eigenvalue weighted by Gasteiger charge is 2.28. The molecule has 6 nitrogen and oxygen atoms in total. The van der Waals surface area contributed by atoms with E-state index < -0.39 is 5.97 Å². The molecule has 0 aliphatic carbocycles. The van der Waals surface area contributed by atoms with Crippen LogP contribution in [0.5, 0.6) is 0 Å². The molecule has 0 spiro atoms. The zero-order chi connectivity index (χ0) is 16.2. The minimum absolute atomic E-state index is 0.0272. The van der Waals surface area contributed by atoms with Crippen LogP contribution in [0, 0.1) is 0 Å². The van der Waals surface area contributed by atoms with Crippen LogP contribution in [0.15, 0.2) is 30.5 Å². The van der Waals surface area contributed by atoms with Crippen molar-refractivity contribution in [2.45, 2.75) is 38.1 Å². The van der Waals surface area contributed by atoms with Crippen LogP contribution < -0.4 is 0 Å². The summed E-state index contributed by atoms with van der Waals surface area (Å²) in [4.78, 5) is 34.1. The normalized spacial score (nSPS) is 18.1. The Kier molecular flexibility index (Phi) is 4.50. The van der Waals surface area contributed by atoms with E-state index in [1.807, 2.05) is 24.3 Å². The molecule has 0 bridgehead atoms. The van der Waals surface area contributed by atoms with Crippen LogP contribution in [0.2, 0.25) is 0 Å². The Bertz CT molecular complexity index is 732. The summed E-state index contributed by atoms with van der Waals surface area (Å²) in [5, 5.41) is 8.88. The van der Waals surface area contributed by atoms with E-state index in [4.69, 9.17) is 5.11 Å². The van der Waals surface area contributed by atoms with Gasteiger partial charge < -0.3 is 10.0 Å². The van der Waals surface area contributed by atoms with Crippen molar-refractivity contribution in [2.24, 2.45) is 0 Å². The van der Waals surface area contributed by atoms with Gasteiger partial charge in [0.05, 0.1) is 17.2 Å². The van der Waals surface area contributed by atoms with Crippen LogP contribution in [0.25, 0.3) is 11.0 Å². The summed E-state index contributed by atoms with van der Waals surface area (Å²) >= 11 is 0. The van der Waals surface area contributed by atoms with E-state index in [2.05, 4.69) is 9.97 Å². The van der Waals surface area contributed by atoms with Crippen LogP contribution >= 0.6 is 0 Å². The first-order chi connectivity index (χ1) is 11.1. The highest BCUT2D eigenvalue weighted by molar-refractivity contribution is 5.94. The molecule has 1 aliphatic heterocycles. The van der Waals surface area contributed by atoms with E-state index in [-0.39, 0.29) is 18.4 Å². The van der Waals surface area contributed by atoms with Crippen molar-refractivity contribution in [3.63, 3.8) is 0 Å². The second-order valence-electron chi connectivity index (χ2n) is 5.82. The number of carboxylic acids is 1. The monoisotopic (exact) mass is 313 g/mol. The summed E-state index contributed by atoms with van der Waals surface area (Å²) in [7, 11) is 0. The highest BCUT2D eigenvalue weighted by atomic mass is 16.4. The Morgan fingerprint density at radius 1 is 1.22 bits per heavy atom. The number of hydrogen-bond donors (Lipinski definition) is 1. The number of carbonyl (C=O) groups excluding carboxylic acids is 1. The Balaban J connectivity index is 1.81. The fourth-order valence-corrected chi connectivity index (χ4v) is 3.07. The highest BCUT2D eigenvalue weighted by Crippen LogP contribution is 2.23. The van der Waals surface area contributed by atoms with Crippen molar-refractivity contribution in [2.75, 3.05) is 6.54 Å². The number of piperidine rings is 1. The molecule has 1 aliphatic rings. The van der Waals surface area contributed by atoms with Gasteiger partial charge in [-0.2, -0.15) is 0 Å². The molecule has 2 aromatic rings. The van der Waals surface area contributed by atoms with E-state index in [9.17, 15) is 9.59 Å². The van der Waals surface area contributed by atoms with Crippen molar-refractivity contribution in [1.29, 1.82) is 0 Å². The summed E-state index contributed by atoms with van der Waals surface area (Å²) in [6.45, 7) is 0.650. The zero-order valence-corrected chi connectivity index (χ0v) is 12.8. The molecule has 0 radical (unpaired) electrons. The maximum Gasteiger partial charge on any atom is 0.303 e. The van der Waals surface area contributed by atoms with Gasteiger partial charge in [0.15, 0.2) is 0 Å². The summed E-state index contributed by atoms with van der Waals surface area (Å²) in [5.41, 5.74) is 1.77. The molecule has 23 heavy (non-hydrogen) atoms. The van der Waals surface area contributed by atoms with Crippen LogP contribution in [-0.2, 0) is 4.79 Å². The van der Waals surface area contributed by atoms with Crippen molar-refractivity contribution < 1.29 is 14.7 Å². The van der Waals surface area contributed by atoms with Gasteiger partial charge in [-0.15, -0.1) is 0 Å². The lowest BCUT2D eigenvalue weighted by Gasteiger charge is -2.35. The minimum Gasteiger partial charge on any atom is -0.481 e. The largest absolute Gasteiger partial charge is 0.481 e. The van der Waals surface area contributed by atoms with Crippen LogP contribution in [-0.4, -0.2) is 44.4 Å². The Morgan fingerprint density at radius 3 is 2.78 bits per heavy atom. The topological polar surface area (TPSA) is 83.4 Å². The van der Waals surface area contributed by atoms with Crippen LogP contribution in [0.1, 0.15) is 42.6 Å². The molecule has 1 aromatic heterocycles. The minimum atomic E-state index is -0.825. The molecule has 1 aromatic carbocycles. The first kappa shape index (κ1) is 15.4. The number of carboxylic acid groups (broad SMARTS) is 1. The van der Waals surface area contributed by atoms with Gasteiger partial charge in [-0.05, 0) is 37.8 Å². The van der Waals surface area contributed by atoms with Gasteiger partial charge in [-0.1, -0.05) is 12.1 Å². The van der Waals surface area contributed by atoms with Gasteiger partial charge in [0.1, 0.15) is 5.69 Å². The van der Waals surface area contributed by atoms with E-state index in [0.29, 0.717) is 24.2 Å². The molecule has 120 valence electrons. The van der Waals surface area contributed by atoms with Gasteiger partial charge in [0, 0.05) is 19.0 Å². The third-order valence-electron chi connectivity index (χ3n) is 4.25. The quantitative estimate of drug-likeness (QED) is 0.937. The van der Waals surface area contributed by atoms with E-state index in [1.165, 1.54) is 6.20 Å². The van der Waals surface area contributed by atoms with Crippen LogP contribution in [0.3, 0.4) is 0 Å². The number of likely N-dealkylation sites (tertiary alicyclic amines) is 1. The van der Waals surface area contributed by atoms with Crippen LogP contribution in [0.4, 0.5) is 0 Å². The van der Waals surface area contributed by atoms with E-state index >= 15 is 0 Å². The molecule has 2 heterocycles. The Hall–Kier alpha value is -2.50. The molecule has 0 saturated carbocycles. The predicted octanol–water partition coefficient (Wildman–Crippen LogP) is 2.49. The van der Waals surface area contributed by atoms with Gasteiger partial charge in [-0.25, -0.2) is 4.98 Å². The number of amides is 1. The standard InChI is InChI=1S/C17H19N3O3/c21-16(22)9-8-12-5-3-4-10-20(12)17(23)15-11-18-13-6-1-2-7-14(13)19-15/h1-2,6-7,11-12H,3-5,8-10H2,(H,21,22)/t12-/m1/s1. The molecular formula is C17H19N3O3. The number of para-hydroxylation sites is 2. The molecule has 1 N–H and O–H groups in total. The lowest BCUT2D eigenvalue weighted by Crippen LogP contribution is -2.44. The maximum atomic E-state index is 12.8. The molecule has 1 fully saturated rings. The fourth-order valence-electron chi connectivity index (χ4n) is 3.07. The van der Waals surface area contributed by atoms with Gasteiger partial charge in [0.2, 0.25) is 0 Å². The molecule has 6 heteroatoms. The van der Waals surface area contributed by atoms with Gasteiger partial charge in [0.25, 0.3) is 5.91 Å². The van der Waals surface area contributed by atoms with Crippen molar-refractivity contribution >= 4 is 22.9 Å². The number of rotatable bonds is 4. The summed E-state index contributed by atoms with van der Waals surface area (Å²) in [6.07, 6.45) is 4.89. The number of hydrogen-bond acceptors (Lipinski definition) is 4. The van der Waals surface area contributed by atoms with Crippen molar-refractivity contribution in [3.8, 4) is 0 Å². The summed E-state index contributed by atoms with van der Waals surface area (Å²) < 4.78 is 0. The van der Waals surface area contributed by atoms with Crippen molar-refractivity contribution in [3.05, 3.63) is 36.2 Å². The van der Waals surface area contributed by atoms with Gasteiger partial charge >= 0.3 is 5.97 Å². The van der Waals surface area contributed by atoms with Crippen molar-refractivity contribution in [1.82, 2.24) is 14.9 Å². The molecular weight excluding hydrogens is 294 g/mol. The number of fused-ring (bicyclic) bond motifs is 1. The SMILES string of the molecule is O=C(O)CC[C@H]1CCCCN1C(=O)c1cnc2ccccc2n1. The predicted molar refractivity (Wildman–Crippen MR) is 85.1 cm³/mol. The zero-order valence-electron chi connectivity index (χ0n) is 12.8. The number of aromatic nitrogens is 2. The smallest absolute Gasteiger partial charge is 0.303 e. The molecule has 1 amide bonds. The Morgan fingerprint density at radius 2 is 2.00 bits per heavy atom. The maximum absolute atomic E-state index is 12.8. The fraction of sp³-hybridized carbons (Fsp3) is 0.412.